The van der Waals surface area contributed by atoms with Gasteiger partial charge in [-0.2, -0.15) is 0 Å². The van der Waals surface area contributed by atoms with Crippen LogP contribution in [0.1, 0.15) is 53.4 Å². The molecule has 0 radical (unpaired) electrons. The summed E-state index contributed by atoms with van der Waals surface area (Å²) >= 11 is 0. The molecule has 194 valence electrons. The number of hydrogen-bond donors (Lipinski definition) is 0. The Kier molecular flexibility index (Phi) is 11.1. The normalized spacial score (nSPS) is 30.1. The zero-order valence-electron chi connectivity index (χ0n) is 22.1. The third kappa shape index (κ3) is 6.06. The van der Waals surface area contributed by atoms with Gasteiger partial charge < -0.3 is 28.0 Å². The smallest absolute Gasteiger partial charge is 0.319 e. The quantitative estimate of drug-likeness (QED) is 0.272. The Morgan fingerprint density at radius 1 is 0.735 bits per heavy atom. The Morgan fingerprint density at radius 3 is 1.38 bits per heavy atom. The number of ether oxygens (including phenoxy) is 4. The van der Waals surface area contributed by atoms with Crippen molar-refractivity contribution < 1.29 is 32.6 Å². The van der Waals surface area contributed by atoms with E-state index in [1.54, 1.807) is 28.4 Å². The van der Waals surface area contributed by atoms with E-state index in [9.17, 15) is 4.57 Å². The highest BCUT2D eigenvalue weighted by Gasteiger charge is 2.41. The highest BCUT2D eigenvalue weighted by Crippen LogP contribution is 2.43. The van der Waals surface area contributed by atoms with Crippen LogP contribution in [0.4, 0.5) is 0 Å². The van der Waals surface area contributed by atoms with Crippen LogP contribution in [0.25, 0.3) is 0 Å². The molecule has 0 aromatic carbocycles. The SMILES string of the molecule is CCC1C(CO[PH](=O)OCC2=CC(OC)=CC(CC)(OC)C2CC)=CC(OC)=CC1(CC)OC. The third-order valence-electron chi connectivity index (χ3n) is 7.37. The molecule has 0 heterocycles. The first-order valence-electron chi connectivity index (χ1n) is 12.2. The van der Waals surface area contributed by atoms with Crippen molar-refractivity contribution in [3.8, 4) is 0 Å². The summed E-state index contributed by atoms with van der Waals surface area (Å²) in [5, 5.41) is 0. The van der Waals surface area contributed by atoms with E-state index in [4.69, 9.17) is 28.0 Å². The fraction of sp³-hybridized carbons (Fsp3) is 0.692. The Labute approximate surface area is 206 Å². The molecule has 34 heavy (non-hydrogen) atoms. The van der Waals surface area contributed by atoms with Crippen LogP contribution in [0.3, 0.4) is 0 Å². The van der Waals surface area contributed by atoms with Gasteiger partial charge in [-0.05, 0) is 61.1 Å². The van der Waals surface area contributed by atoms with Crippen molar-refractivity contribution in [2.24, 2.45) is 11.8 Å². The Morgan fingerprint density at radius 2 is 1.12 bits per heavy atom. The lowest BCUT2D eigenvalue weighted by molar-refractivity contribution is -0.0186. The topological polar surface area (TPSA) is 72.5 Å². The van der Waals surface area contributed by atoms with E-state index in [1.165, 1.54) is 0 Å². The minimum atomic E-state index is -2.73. The lowest BCUT2D eigenvalue weighted by atomic mass is 9.75. The molecule has 2 aliphatic rings. The predicted molar refractivity (Wildman–Crippen MR) is 135 cm³/mol. The van der Waals surface area contributed by atoms with Gasteiger partial charge in [0.05, 0.1) is 38.6 Å². The molecule has 4 atom stereocenters. The van der Waals surface area contributed by atoms with Crippen LogP contribution in [0.15, 0.2) is 47.0 Å². The van der Waals surface area contributed by atoms with E-state index in [0.717, 1.165) is 48.3 Å². The molecular weight excluding hydrogens is 455 g/mol. The molecule has 0 saturated carbocycles. The molecule has 0 aromatic rings. The van der Waals surface area contributed by atoms with Crippen molar-refractivity contribution in [3.63, 3.8) is 0 Å². The van der Waals surface area contributed by atoms with Crippen molar-refractivity contribution in [2.75, 3.05) is 41.7 Å². The van der Waals surface area contributed by atoms with Gasteiger partial charge in [0.2, 0.25) is 0 Å². The molecule has 0 bridgehead atoms. The average molecular weight is 499 g/mol. The van der Waals surface area contributed by atoms with E-state index in [-0.39, 0.29) is 25.0 Å². The molecule has 0 fully saturated rings. The largest absolute Gasteiger partial charge is 0.497 e. The van der Waals surface area contributed by atoms with Gasteiger partial charge in [0, 0.05) is 26.1 Å². The zero-order chi connectivity index (χ0) is 25.4. The Hall–Kier alpha value is -1.37. The molecule has 8 heteroatoms. The second kappa shape index (κ2) is 13.1. The fourth-order valence-electron chi connectivity index (χ4n) is 5.41. The number of hydrogen-bond acceptors (Lipinski definition) is 7. The lowest BCUT2D eigenvalue weighted by Gasteiger charge is -2.40. The molecule has 0 spiro atoms. The molecule has 4 unspecified atom stereocenters. The summed E-state index contributed by atoms with van der Waals surface area (Å²) in [5.41, 5.74) is 1.03. The number of allylic oxidation sites excluding steroid dienone is 2. The van der Waals surface area contributed by atoms with Gasteiger partial charge in [-0.15, -0.1) is 0 Å². The maximum absolute atomic E-state index is 12.8. The van der Waals surface area contributed by atoms with Gasteiger partial charge >= 0.3 is 8.25 Å². The van der Waals surface area contributed by atoms with Gasteiger partial charge in [-0.1, -0.05) is 27.7 Å². The van der Waals surface area contributed by atoms with E-state index in [0.29, 0.717) is 0 Å². The standard InChI is InChI=1S/C26H43O7P/c1-9-23-19(13-21(28-5)15-25(23,11-3)30-7)17-32-34(27)33-18-20-14-22(29-6)16-26(12-4,31-8)24(20)10-2/h13-16,23-24,34H,9-12,17-18H2,1-8H3. The summed E-state index contributed by atoms with van der Waals surface area (Å²) in [6.45, 7) is 8.80. The highest BCUT2D eigenvalue weighted by molar-refractivity contribution is 7.33. The first-order valence-corrected chi connectivity index (χ1v) is 13.4. The van der Waals surface area contributed by atoms with Crippen LogP contribution in [0.5, 0.6) is 0 Å². The van der Waals surface area contributed by atoms with Gasteiger partial charge in [-0.3, -0.25) is 4.57 Å². The highest BCUT2D eigenvalue weighted by atomic mass is 31.1. The third-order valence-corrected chi connectivity index (χ3v) is 8.13. The van der Waals surface area contributed by atoms with Gasteiger partial charge in [0.25, 0.3) is 0 Å². The van der Waals surface area contributed by atoms with Crippen molar-refractivity contribution in [1.82, 2.24) is 0 Å². The van der Waals surface area contributed by atoms with Gasteiger partial charge in [0.1, 0.15) is 11.5 Å². The molecule has 0 saturated heterocycles. The summed E-state index contributed by atoms with van der Waals surface area (Å²) < 4.78 is 47.0. The predicted octanol–water partition coefficient (Wildman–Crippen LogP) is 5.99. The van der Waals surface area contributed by atoms with E-state index < -0.39 is 19.5 Å². The summed E-state index contributed by atoms with van der Waals surface area (Å²) in [4.78, 5) is 0. The molecule has 0 N–H and O–H groups in total. The van der Waals surface area contributed by atoms with Crippen LogP contribution in [0, 0.1) is 11.8 Å². The zero-order valence-corrected chi connectivity index (χ0v) is 23.1. The second-order valence-corrected chi connectivity index (χ2v) is 9.79. The molecule has 0 aromatic heterocycles. The summed E-state index contributed by atoms with van der Waals surface area (Å²) in [6.07, 6.45) is 11.3. The maximum atomic E-state index is 12.8. The first-order chi connectivity index (χ1) is 16.3. The fourth-order valence-corrected chi connectivity index (χ4v) is 6.06. The van der Waals surface area contributed by atoms with Crippen molar-refractivity contribution in [2.45, 2.75) is 64.6 Å². The lowest BCUT2D eigenvalue weighted by Crippen LogP contribution is -2.41. The minimum absolute atomic E-state index is 0.1000. The molecule has 2 rings (SSSR count). The van der Waals surface area contributed by atoms with Crippen LogP contribution in [-0.2, 0) is 32.6 Å². The van der Waals surface area contributed by atoms with Crippen molar-refractivity contribution in [1.29, 1.82) is 0 Å². The molecule has 7 nitrogen and oxygen atoms in total. The summed E-state index contributed by atoms with van der Waals surface area (Å²) in [5.74, 6) is 1.64. The molecule has 0 amide bonds. The Bertz CT molecular complexity index is 753. The van der Waals surface area contributed by atoms with E-state index in [1.807, 2.05) is 24.3 Å². The van der Waals surface area contributed by atoms with Gasteiger partial charge in [0.15, 0.2) is 0 Å². The molecule has 2 aliphatic carbocycles. The van der Waals surface area contributed by atoms with Crippen LogP contribution in [0.2, 0.25) is 0 Å². The van der Waals surface area contributed by atoms with Crippen LogP contribution < -0.4 is 0 Å². The first kappa shape index (κ1) is 28.9. The number of methoxy groups -OCH3 is 4. The van der Waals surface area contributed by atoms with Crippen LogP contribution >= 0.6 is 8.25 Å². The average Bonchev–Trinajstić information content (AvgIpc) is 2.88. The molecule has 0 aliphatic heterocycles. The molecular formula is C26H43O7P. The van der Waals surface area contributed by atoms with E-state index in [2.05, 4.69) is 27.7 Å². The van der Waals surface area contributed by atoms with Crippen molar-refractivity contribution >= 4 is 8.25 Å². The summed E-state index contributed by atoms with van der Waals surface area (Å²) in [7, 11) is 3.97. The second-order valence-electron chi connectivity index (χ2n) is 8.71. The minimum Gasteiger partial charge on any atom is -0.497 e. The Balaban J connectivity index is 2.10. The monoisotopic (exact) mass is 498 g/mol. The number of rotatable bonds is 14. The van der Waals surface area contributed by atoms with E-state index >= 15 is 0 Å². The van der Waals surface area contributed by atoms with Crippen LogP contribution in [-0.4, -0.2) is 52.9 Å². The maximum Gasteiger partial charge on any atom is 0.319 e. The van der Waals surface area contributed by atoms with Gasteiger partial charge in [-0.25, -0.2) is 0 Å². The summed E-state index contributed by atoms with van der Waals surface area (Å²) in [6, 6.07) is 0. The van der Waals surface area contributed by atoms with Crippen molar-refractivity contribution in [3.05, 3.63) is 47.0 Å².